The second-order valence-corrected chi connectivity index (χ2v) is 8.43. The number of rotatable bonds is 5. The van der Waals surface area contributed by atoms with Crippen LogP contribution in [0, 0.1) is 5.92 Å². The molecule has 3 atom stereocenters. The summed E-state index contributed by atoms with van der Waals surface area (Å²) in [5.41, 5.74) is 3.24. The summed E-state index contributed by atoms with van der Waals surface area (Å²) in [7, 11) is 0. The van der Waals surface area contributed by atoms with Gasteiger partial charge in [-0.05, 0) is 41.5 Å². The molecule has 1 aromatic carbocycles. The van der Waals surface area contributed by atoms with E-state index in [1.165, 1.54) is 0 Å². The SMILES string of the molecule is O=C(CC1CC1)N1CC(=O)N2[C@@H](CO)[C@H](c3ccc(-c4cccnc4)cc3)[C@@H]2C1. The number of carbonyl (C=O) groups is 2. The number of pyridine rings is 1. The third-order valence-electron chi connectivity index (χ3n) is 6.56. The summed E-state index contributed by atoms with van der Waals surface area (Å²) in [5.74, 6) is 0.604. The first-order valence-electron chi connectivity index (χ1n) is 10.4. The minimum Gasteiger partial charge on any atom is -0.394 e. The highest BCUT2D eigenvalue weighted by atomic mass is 16.3. The molecule has 0 unspecified atom stereocenters. The van der Waals surface area contributed by atoms with Crippen molar-refractivity contribution in [2.24, 2.45) is 5.92 Å². The zero-order chi connectivity index (χ0) is 20.0. The predicted octanol–water partition coefficient (Wildman–Crippen LogP) is 2.05. The van der Waals surface area contributed by atoms with Crippen LogP contribution >= 0.6 is 0 Å². The molecule has 0 radical (unpaired) electrons. The van der Waals surface area contributed by atoms with Crippen molar-refractivity contribution in [3.63, 3.8) is 0 Å². The summed E-state index contributed by atoms with van der Waals surface area (Å²) in [6, 6.07) is 11.9. The summed E-state index contributed by atoms with van der Waals surface area (Å²) in [4.78, 5) is 32.9. The first-order chi connectivity index (χ1) is 14.2. The van der Waals surface area contributed by atoms with Crippen LogP contribution in [-0.4, -0.2) is 63.5 Å². The van der Waals surface area contributed by atoms with Crippen LogP contribution in [0.25, 0.3) is 11.1 Å². The molecule has 1 aliphatic carbocycles. The van der Waals surface area contributed by atoms with Crippen molar-refractivity contribution in [1.82, 2.24) is 14.8 Å². The molecule has 29 heavy (non-hydrogen) atoms. The number of fused-ring (bicyclic) bond motifs is 1. The van der Waals surface area contributed by atoms with Gasteiger partial charge in [0, 0.05) is 31.3 Å². The standard InChI is InChI=1S/C23H25N3O3/c27-14-20-23(17-7-5-16(6-8-17)18-2-1-9-24-11-18)19-12-25(13-22(29)26(19)20)21(28)10-15-3-4-15/h1-2,5-9,11,15,19-20,23,27H,3-4,10,12-14H2/t19-,20-,23+/m0/s1. The smallest absolute Gasteiger partial charge is 0.242 e. The van der Waals surface area contributed by atoms with Crippen LogP contribution in [0.2, 0.25) is 0 Å². The van der Waals surface area contributed by atoms with Gasteiger partial charge < -0.3 is 14.9 Å². The normalized spacial score (nSPS) is 26.1. The van der Waals surface area contributed by atoms with Crippen LogP contribution in [0.15, 0.2) is 48.8 Å². The van der Waals surface area contributed by atoms with Crippen molar-refractivity contribution >= 4 is 11.8 Å². The Bertz CT molecular complexity index is 911. The molecule has 3 fully saturated rings. The van der Waals surface area contributed by atoms with Gasteiger partial charge in [-0.2, -0.15) is 0 Å². The van der Waals surface area contributed by atoms with Crippen molar-refractivity contribution in [3.8, 4) is 11.1 Å². The van der Waals surface area contributed by atoms with Crippen LogP contribution in [0.4, 0.5) is 0 Å². The molecular formula is C23H25N3O3. The Labute approximate surface area is 170 Å². The van der Waals surface area contributed by atoms with Crippen molar-refractivity contribution in [2.45, 2.75) is 37.3 Å². The molecule has 2 aromatic rings. The Morgan fingerprint density at radius 3 is 2.59 bits per heavy atom. The van der Waals surface area contributed by atoms with E-state index in [0.717, 1.165) is 29.5 Å². The van der Waals surface area contributed by atoms with E-state index in [9.17, 15) is 14.7 Å². The topological polar surface area (TPSA) is 73.7 Å². The maximum Gasteiger partial charge on any atom is 0.242 e. The predicted molar refractivity (Wildman–Crippen MR) is 108 cm³/mol. The van der Waals surface area contributed by atoms with E-state index in [1.54, 1.807) is 16.0 Å². The lowest BCUT2D eigenvalue weighted by Crippen LogP contribution is -2.73. The van der Waals surface area contributed by atoms with E-state index in [-0.39, 0.29) is 43.0 Å². The van der Waals surface area contributed by atoms with E-state index >= 15 is 0 Å². The van der Waals surface area contributed by atoms with Crippen molar-refractivity contribution in [2.75, 3.05) is 19.7 Å². The molecule has 1 aromatic heterocycles. The summed E-state index contributed by atoms with van der Waals surface area (Å²) >= 11 is 0. The molecule has 5 rings (SSSR count). The second-order valence-electron chi connectivity index (χ2n) is 8.43. The summed E-state index contributed by atoms with van der Waals surface area (Å²) < 4.78 is 0. The van der Waals surface area contributed by atoms with Crippen LogP contribution in [0.5, 0.6) is 0 Å². The van der Waals surface area contributed by atoms with Gasteiger partial charge in [-0.3, -0.25) is 14.6 Å². The van der Waals surface area contributed by atoms with Crippen LogP contribution < -0.4 is 0 Å². The molecule has 1 N–H and O–H groups in total. The number of hydrogen-bond acceptors (Lipinski definition) is 4. The van der Waals surface area contributed by atoms with Gasteiger partial charge in [0.2, 0.25) is 11.8 Å². The largest absolute Gasteiger partial charge is 0.394 e. The van der Waals surface area contributed by atoms with Gasteiger partial charge in [0.25, 0.3) is 0 Å². The minimum atomic E-state index is -0.211. The fourth-order valence-corrected chi connectivity index (χ4v) is 4.82. The van der Waals surface area contributed by atoms with Gasteiger partial charge in [-0.15, -0.1) is 0 Å². The lowest BCUT2D eigenvalue weighted by Gasteiger charge is -2.58. The van der Waals surface area contributed by atoms with Gasteiger partial charge in [0.1, 0.15) is 0 Å². The first-order valence-corrected chi connectivity index (χ1v) is 10.4. The zero-order valence-electron chi connectivity index (χ0n) is 16.3. The van der Waals surface area contributed by atoms with E-state index in [0.29, 0.717) is 18.9 Å². The third kappa shape index (κ3) is 3.31. The van der Waals surface area contributed by atoms with E-state index in [4.69, 9.17) is 0 Å². The Kier molecular flexibility index (Phi) is 4.59. The van der Waals surface area contributed by atoms with Gasteiger partial charge in [-0.25, -0.2) is 0 Å². The Hall–Kier alpha value is -2.73. The van der Waals surface area contributed by atoms with Crippen molar-refractivity contribution < 1.29 is 14.7 Å². The van der Waals surface area contributed by atoms with Crippen molar-refractivity contribution in [1.29, 1.82) is 0 Å². The fraction of sp³-hybridized carbons (Fsp3) is 0.435. The first kappa shape index (κ1) is 18.3. The molecule has 0 spiro atoms. The summed E-state index contributed by atoms with van der Waals surface area (Å²) in [5, 5.41) is 9.93. The Balaban J connectivity index is 1.36. The number of nitrogens with zero attached hydrogens (tertiary/aromatic N) is 3. The summed E-state index contributed by atoms with van der Waals surface area (Å²) in [6.45, 7) is 0.640. The number of carbonyl (C=O) groups excluding carboxylic acids is 2. The molecule has 2 aliphatic heterocycles. The number of amides is 2. The molecule has 150 valence electrons. The zero-order valence-corrected chi connectivity index (χ0v) is 16.3. The number of aliphatic hydroxyl groups excluding tert-OH is 1. The molecule has 2 amide bonds. The van der Waals surface area contributed by atoms with Gasteiger partial charge in [0.15, 0.2) is 0 Å². The number of piperazine rings is 1. The third-order valence-corrected chi connectivity index (χ3v) is 6.56. The maximum absolute atomic E-state index is 12.7. The van der Waals surface area contributed by atoms with E-state index in [2.05, 4.69) is 29.2 Å². The highest BCUT2D eigenvalue weighted by Crippen LogP contribution is 2.43. The molecule has 6 heteroatoms. The molecular weight excluding hydrogens is 366 g/mol. The van der Waals surface area contributed by atoms with Gasteiger partial charge in [-0.1, -0.05) is 30.3 Å². The molecule has 6 nitrogen and oxygen atoms in total. The number of benzene rings is 1. The molecule has 0 bridgehead atoms. The van der Waals surface area contributed by atoms with Gasteiger partial charge in [0.05, 0.1) is 25.2 Å². The monoisotopic (exact) mass is 391 g/mol. The van der Waals surface area contributed by atoms with E-state index in [1.807, 2.05) is 18.3 Å². The lowest BCUT2D eigenvalue weighted by atomic mass is 9.73. The molecule has 3 aliphatic rings. The average molecular weight is 391 g/mol. The average Bonchev–Trinajstić information content (AvgIpc) is 3.54. The molecule has 1 saturated carbocycles. The Morgan fingerprint density at radius 2 is 1.93 bits per heavy atom. The highest BCUT2D eigenvalue weighted by Gasteiger charge is 2.54. The quantitative estimate of drug-likeness (QED) is 0.847. The lowest BCUT2D eigenvalue weighted by molar-refractivity contribution is -0.167. The fourth-order valence-electron chi connectivity index (χ4n) is 4.82. The van der Waals surface area contributed by atoms with Crippen LogP contribution in [0.3, 0.4) is 0 Å². The van der Waals surface area contributed by atoms with Crippen molar-refractivity contribution in [3.05, 3.63) is 54.4 Å². The number of aromatic nitrogens is 1. The number of aliphatic hydroxyl groups is 1. The maximum atomic E-state index is 12.7. The Morgan fingerprint density at radius 1 is 1.14 bits per heavy atom. The molecule has 2 saturated heterocycles. The molecule has 3 heterocycles. The van der Waals surface area contributed by atoms with Gasteiger partial charge >= 0.3 is 0 Å². The minimum absolute atomic E-state index is 0.0448. The highest BCUT2D eigenvalue weighted by molar-refractivity contribution is 5.88. The van der Waals surface area contributed by atoms with Crippen LogP contribution in [-0.2, 0) is 9.59 Å². The number of hydrogen-bond donors (Lipinski definition) is 1. The van der Waals surface area contributed by atoms with E-state index < -0.39 is 0 Å². The van der Waals surface area contributed by atoms with Crippen LogP contribution in [0.1, 0.15) is 30.7 Å². The summed E-state index contributed by atoms with van der Waals surface area (Å²) in [6.07, 6.45) is 6.40. The second kappa shape index (κ2) is 7.26.